The number of fused-ring (bicyclic) bond motifs is 1. The highest BCUT2D eigenvalue weighted by Gasteiger charge is 2.29. The lowest BCUT2D eigenvalue weighted by Crippen LogP contribution is -2.29. The van der Waals surface area contributed by atoms with E-state index < -0.39 is 5.60 Å². The van der Waals surface area contributed by atoms with Crippen molar-refractivity contribution in [1.82, 2.24) is 4.90 Å². The van der Waals surface area contributed by atoms with Crippen LogP contribution in [0.15, 0.2) is 36.4 Å². The molecule has 0 aliphatic heterocycles. The maximum atomic E-state index is 11.3. The Kier molecular flexibility index (Phi) is 10.5. The van der Waals surface area contributed by atoms with Gasteiger partial charge in [-0.2, -0.15) is 0 Å². The van der Waals surface area contributed by atoms with Crippen molar-refractivity contribution in [3.05, 3.63) is 47.5 Å². The Balaban J connectivity index is 1.30. The molecule has 0 heterocycles. The van der Waals surface area contributed by atoms with Gasteiger partial charge in [0.05, 0.1) is 33.5 Å². The number of hydrogen-bond acceptors (Lipinski definition) is 6. The first kappa shape index (κ1) is 27.2. The lowest BCUT2D eigenvalue weighted by Gasteiger charge is -2.26. The second kappa shape index (κ2) is 13.6. The molecule has 0 aromatic heterocycles. The van der Waals surface area contributed by atoms with E-state index in [-0.39, 0.29) is 0 Å². The molecule has 0 unspecified atom stereocenters. The van der Waals surface area contributed by atoms with E-state index in [1.165, 1.54) is 11.1 Å². The van der Waals surface area contributed by atoms with Crippen molar-refractivity contribution in [2.45, 2.75) is 63.4 Å². The van der Waals surface area contributed by atoms with Gasteiger partial charge in [-0.25, -0.2) is 0 Å². The Labute approximate surface area is 211 Å². The number of ether oxygens (including phenoxy) is 4. The minimum atomic E-state index is -0.581. The minimum Gasteiger partial charge on any atom is -0.497 e. The first-order valence-corrected chi connectivity index (χ1v) is 12.9. The van der Waals surface area contributed by atoms with E-state index in [0.717, 1.165) is 93.9 Å². The summed E-state index contributed by atoms with van der Waals surface area (Å²) in [4.78, 5) is 2.37. The predicted molar refractivity (Wildman–Crippen MR) is 140 cm³/mol. The zero-order valence-electron chi connectivity index (χ0n) is 22.0. The van der Waals surface area contributed by atoms with Crippen LogP contribution in [0.2, 0.25) is 0 Å². The number of methoxy groups -OCH3 is 3. The molecule has 194 valence electrons. The summed E-state index contributed by atoms with van der Waals surface area (Å²) in [6.45, 7) is 2.78. The van der Waals surface area contributed by atoms with Crippen LogP contribution in [0.4, 0.5) is 0 Å². The highest BCUT2D eigenvalue weighted by molar-refractivity contribution is 5.48. The van der Waals surface area contributed by atoms with Gasteiger partial charge in [0.25, 0.3) is 0 Å². The van der Waals surface area contributed by atoms with Crippen LogP contribution in [0.25, 0.3) is 0 Å². The van der Waals surface area contributed by atoms with Crippen LogP contribution in [-0.2, 0) is 12.8 Å². The second-order valence-electron chi connectivity index (χ2n) is 9.70. The van der Waals surface area contributed by atoms with E-state index in [1.54, 1.807) is 21.3 Å². The molecular weight excluding hydrogens is 442 g/mol. The predicted octanol–water partition coefficient (Wildman–Crippen LogP) is 5.28. The third-order valence-corrected chi connectivity index (χ3v) is 7.10. The van der Waals surface area contributed by atoms with Crippen molar-refractivity contribution in [3.63, 3.8) is 0 Å². The van der Waals surface area contributed by atoms with Crippen LogP contribution >= 0.6 is 0 Å². The number of benzene rings is 2. The molecule has 0 atom stereocenters. The minimum absolute atomic E-state index is 0.581. The fraction of sp³-hybridized carbons (Fsp3) is 0.586. The van der Waals surface area contributed by atoms with Crippen molar-refractivity contribution in [2.75, 3.05) is 48.1 Å². The number of nitrogens with zero attached hydrogens (tertiary/aromatic N) is 1. The Morgan fingerprint density at radius 3 is 2.06 bits per heavy atom. The normalized spacial score (nSPS) is 14.8. The molecule has 3 rings (SSSR count). The van der Waals surface area contributed by atoms with Gasteiger partial charge in [0, 0.05) is 12.6 Å². The molecule has 35 heavy (non-hydrogen) atoms. The molecule has 6 nitrogen and oxygen atoms in total. The molecule has 0 bridgehead atoms. The van der Waals surface area contributed by atoms with E-state index in [2.05, 4.69) is 24.1 Å². The first-order chi connectivity index (χ1) is 17.0. The Bertz CT molecular complexity index is 881. The summed E-state index contributed by atoms with van der Waals surface area (Å²) in [5.41, 5.74) is 1.97. The fourth-order valence-electron chi connectivity index (χ4n) is 4.88. The van der Waals surface area contributed by atoms with Gasteiger partial charge in [-0.15, -0.1) is 0 Å². The van der Waals surface area contributed by atoms with Crippen molar-refractivity contribution >= 4 is 0 Å². The van der Waals surface area contributed by atoms with Gasteiger partial charge in [0.2, 0.25) is 0 Å². The molecule has 0 spiro atoms. The zero-order valence-corrected chi connectivity index (χ0v) is 22.0. The van der Waals surface area contributed by atoms with E-state index in [1.807, 2.05) is 24.3 Å². The highest BCUT2D eigenvalue weighted by Crippen LogP contribution is 2.37. The third kappa shape index (κ3) is 8.32. The molecule has 0 amide bonds. The quantitative estimate of drug-likeness (QED) is 0.290. The molecule has 2 aromatic carbocycles. The summed E-state index contributed by atoms with van der Waals surface area (Å²) in [7, 11) is 7.18. The summed E-state index contributed by atoms with van der Waals surface area (Å²) >= 11 is 0. The Morgan fingerprint density at radius 1 is 0.800 bits per heavy atom. The molecule has 1 N–H and O–H groups in total. The van der Waals surface area contributed by atoms with Gasteiger partial charge in [-0.1, -0.05) is 18.9 Å². The van der Waals surface area contributed by atoms with Crippen LogP contribution in [0.1, 0.15) is 56.1 Å². The highest BCUT2D eigenvalue weighted by atomic mass is 16.5. The van der Waals surface area contributed by atoms with Crippen molar-refractivity contribution < 1.29 is 24.1 Å². The van der Waals surface area contributed by atoms with Crippen LogP contribution in [0, 0.1) is 0 Å². The summed E-state index contributed by atoms with van der Waals surface area (Å²) < 4.78 is 22.0. The first-order valence-electron chi connectivity index (χ1n) is 12.9. The molecule has 1 aliphatic carbocycles. The summed E-state index contributed by atoms with van der Waals surface area (Å²) in [6.07, 6.45) is 8.59. The van der Waals surface area contributed by atoms with Gasteiger partial charge >= 0.3 is 0 Å². The maximum absolute atomic E-state index is 11.3. The molecular formula is C29H43NO5. The standard InChI is InChI=1S/C29H43NO5/c1-30(18-9-19-35-26-11-8-10-25(22-26)32-2)17-7-5-6-14-29(31)15-12-23-20-27(33-3)28(34-4)21-24(23)13-16-29/h8,10-11,20-22,31H,5-7,9,12-19H2,1-4H3. The lowest BCUT2D eigenvalue weighted by molar-refractivity contribution is 0.0146. The van der Waals surface area contributed by atoms with Gasteiger partial charge < -0.3 is 29.0 Å². The Morgan fingerprint density at radius 2 is 1.43 bits per heavy atom. The van der Waals surface area contributed by atoms with Gasteiger partial charge in [0.15, 0.2) is 11.5 Å². The molecule has 6 heteroatoms. The van der Waals surface area contributed by atoms with E-state index in [9.17, 15) is 5.11 Å². The smallest absolute Gasteiger partial charge is 0.161 e. The fourth-order valence-corrected chi connectivity index (χ4v) is 4.88. The van der Waals surface area contributed by atoms with Crippen LogP contribution in [0.3, 0.4) is 0 Å². The molecule has 1 aliphatic rings. The number of aliphatic hydroxyl groups is 1. The van der Waals surface area contributed by atoms with Crippen molar-refractivity contribution in [2.24, 2.45) is 0 Å². The van der Waals surface area contributed by atoms with Crippen LogP contribution in [0.5, 0.6) is 23.0 Å². The number of unbranched alkanes of at least 4 members (excludes halogenated alkanes) is 2. The van der Waals surface area contributed by atoms with E-state index in [4.69, 9.17) is 18.9 Å². The average molecular weight is 486 g/mol. The maximum Gasteiger partial charge on any atom is 0.161 e. The third-order valence-electron chi connectivity index (χ3n) is 7.10. The van der Waals surface area contributed by atoms with E-state index in [0.29, 0.717) is 6.61 Å². The molecule has 0 radical (unpaired) electrons. The zero-order chi connectivity index (χ0) is 25.1. The number of aryl methyl sites for hydroxylation is 2. The largest absolute Gasteiger partial charge is 0.497 e. The van der Waals surface area contributed by atoms with Gasteiger partial charge in [-0.3, -0.25) is 0 Å². The summed E-state index contributed by atoms with van der Waals surface area (Å²) in [5, 5.41) is 11.3. The molecule has 2 aromatic rings. The average Bonchev–Trinajstić information content (AvgIpc) is 3.04. The monoisotopic (exact) mass is 485 g/mol. The Hall–Kier alpha value is -2.44. The number of rotatable bonds is 14. The SMILES string of the molecule is COc1cccc(OCCCN(C)CCCCCC2(O)CCc3cc(OC)c(OC)cc3CC2)c1. The van der Waals surface area contributed by atoms with Crippen molar-refractivity contribution in [1.29, 1.82) is 0 Å². The van der Waals surface area contributed by atoms with Gasteiger partial charge in [0.1, 0.15) is 11.5 Å². The molecule has 0 fully saturated rings. The van der Waals surface area contributed by atoms with E-state index >= 15 is 0 Å². The second-order valence-corrected chi connectivity index (χ2v) is 9.70. The lowest BCUT2D eigenvalue weighted by atomic mass is 9.88. The van der Waals surface area contributed by atoms with Crippen molar-refractivity contribution in [3.8, 4) is 23.0 Å². The summed E-state index contributed by atoms with van der Waals surface area (Å²) in [6, 6.07) is 11.9. The topological polar surface area (TPSA) is 60.4 Å². The van der Waals surface area contributed by atoms with Gasteiger partial charge in [-0.05, 0) is 93.9 Å². The molecule has 0 saturated heterocycles. The summed E-state index contributed by atoms with van der Waals surface area (Å²) in [5.74, 6) is 3.21. The van der Waals surface area contributed by atoms with Crippen LogP contribution in [-0.4, -0.2) is 63.7 Å². The molecule has 0 saturated carbocycles. The number of hydrogen-bond donors (Lipinski definition) is 1. The van der Waals surface area contributed by atoms with Crippen LogP contribution < -0.4 is 18.9 Å².